The van der Waals surface area contributed by atoms with E-state index in [1.807, 2.05) is 6.07 Å². The Morgan fingerprint density at radius 2 is 1.83 bits per heavy atom. The van der Waals surface area contributed by atoms with Crippen molar-refractivity contribution in [2.45, 2.75) is 39.8 Å². The number of aromatic nitrogens is 2. The van der Waals surface area contributed by atoms with E-state index in [4.69, 9.17) is 21.6 Å². The third kappa shape index (κ3) is 4.11. The molecule has 35 heavy (non-hydrogen) atoms. The Hall–Kier alpha value is -2.89. The van der Waals surface area contributed by atoms with Gasteiger partial charge < -0.3 is 20.3 Å². The number of fused-ring (bicyclic) bond motifs is 1. The molecule has 2 aliphatic heterocycles. The van der Waals surface area contributed by atoms with Gasteiger partial charge in [0.05, 0.1) is 10.6 Å². The van der Waals surface area contributed by atoms with E-state index in [9.17, 15) is 4.79 Å². The summed E-state index contributed by atoms with van der Waals surface area (Å²) in [6.45, 7) is 12.4. The van der Waals surface area contributed by atoms with Crippen molar-refractivity contribution in [2.24, 2.45) is 22.7 Å². The number of amides is 1. The molecule has 3 heterocycles. The maximum absolute atomic E-state index is 13.1. The van der Waals surface area contributed by atoms with Crippen LogP contribution in [0, 0.1) is 34.0 Å². The maximum atomic E-state index is 13.1. The minimum absolute atomic E-state index is 0.131. The van der Waals surface area contributed by atoms with Crippen molar-refractivity contribution < 1.29 is 9.53 Å². The lowest BCUT2D eigenvalue weighted by Gasteiger charge is -2.63. The van der Waals surface area contributed by atoms with Gasteiger partial charge in [-0.3, -0.25) is 4.79 Å². The zero-order valence-corrected chi connectivity index (χ0v) is 21.3. The van der Waals surface area contributed by atoms with Crippen LogP contribution in [0.4, 0.5) is 5.82 Å². The summed E-state index contributed by atoms with van der Waals surface area (Å²) in [4.78, 5) is 15.3. The van der Waals surface area contributed by atoms with Crippen LogP contribution in [0.25, 0.3) is 0 Å². The molecule has 1 amide bonds. The Labute approximate surface area is 211 Å². The van der Waals surface area contributed by atoms with Gasteiger partial charge in [-0.2, -0.15) is 5.26 Å². The number of benzene rings is 1. The molecule has 2 atom stereocenters. The fourth-order valence-electron chi connectivity index (χ4n) is 6.46. The van der Waals surface area contributed by atoms with Crippen molar-refractivity contribution in [3.8, 4) is 11.8 Å². The Morgan fingerprint density at radius 3 is 2.40 bits per heavy atom. The number of carbonyl (C=O) groups is 1. The van der Waals surface area contributed by atoms with Crippen LogP contribution < -0.4 is 20.3 Å². The van der Waals surface area contributed by atoms with Crippen molar-refractivity contribution in [1.82, 2.24) is 20.8 Å². The first-order valence-corrected chi connectivity index (χ1v) is 12.5. The number of anilines is 1. The first kappa shape index (κ1) is 23.8. The van der Waals surface area contributed by atoms with Crippen molar-refractivity contribution in [1.29, 1.82) is 5.26 Å². The van der Waals surface area contributed by atoms with E-state index in [1.165, 1.54) is 0 Å². The summed E-state index contributed by atoms with van der Waals surface area (Å²) in [6, 6.07) is 10.7. The Kier molecular flexibility index (Phi) is 5.89. The van der Waals surface area contributed by atoms with Crippen LogP contribution in [0.15, 0.2) is 30.3 Å². The molecule has 1 aromatic carbocycles. The van der Waals surface area contributed by atoms with E-state index in [0.29, 0.717) is 33.9 Å². The molecule has 2 aromatic rings. The Balaban J connectivity index is 1.24. The number of ether oxygens (including phenoxy) is 1. The van der Waals surface area contributed by atoms with Gasteiger partial charge in [0.1, 0.15) is 17.9 Å². The van der Waals surface area contributed by atoms with Gasteiger partial charge in [0.25, 0.3) is 5.91 Å². The minimum Gasteiger partial charge on any atom is -0.489 e. The molecule has 0 bridgehead atoms. The van der Waals surface area contributed by atoms with Gasteiger partial charge in [-0.05, 0) is 36.1 Å². The summed E-state index contributed by atoms with van der Waals surface area (Å²) >= 11 is 6.18. The molecule has 5 rings (SSSR count). The Bertz CT molecular complexity index is 1150. The van der Waals surface area contributed by atoms with E-state index in [0.717, 1.165) is 32.0 Å². The summed E-state index contributed by atoms with van der Waals surface area (Å²) in [5.41, 5.74) is 0.0420. The Morgan fingerprint density at radius 1 is 1.14 bits per heavy atom. The van der Waals surface area contributed by atoms with E-state index >= 15 is 0 Å². The number of nitrogens with one attached hydrogen (secondary N) is 2. The first-order chi connectivity index (χ1) is 16.6. The quantitative estimate of drug-likeness (QED) is 0.657. The summed E-state index contributed by atoms with van der Waals surface area (Å²) in [5, 5.41) is 24.7. The zero-order chi connectivity index (χ0) is 25.0. The van der Waals surface area contributed by atoms with Crippen LogP contribution in [0.5, 0.6) is 5.75 Å². The summed E-state index contributed by atoms with van der Waals surface area (Å²) in [5.74, 6) is 2.53. The fraction of sp³-hybridized carbons (Fsp3) is 0.538. The summed E-state index contributed by atoms with van der Waals surface area (Å²) in [6.07, 6.45) is -0.165. The average molecular weight is 495 g/mol. The molecule has 0 spiro atoms. The second-order valence-electron chi connectivity index (χ2n) is 11.2. The minimum atomic E-state index is -0.339. The topological polar surface area (TPSA) is 103 Å². The molecule has 2 N–H and O–H groups in total. The second kappa shape index (κ2) is 8.65. The van der Waals surface area contributed by atoms with Gasteiger partial charge in [0.15, 0.2) is 11.5 Å². The molecule has 184 valence electrons. The van der Waals surface area contributed by atoms with Crippen molar-refractivity contribution in [3.05, 3.63) is 46.6 Å². The molecular formula is C26H31ClN6O2. The molecule has 1 aromatic heterocycles. The SMILES string of the molecule is CC1(C)C(NC(=O)c2ccc(N3CC4CNCC4C3)nn2)C(C)(C)C1Oc1ccc(C#N)c(Cl)c1. The number of nitriles is 1. The molecule has 8 nitrogen and oxygen atoms in total. The monoisotopic (exact) mass is 494 g/mol. The predicted octanol–water partition coefficient (Wildman–Crippen LogP) is 3.27. The van der Waals surface area contributed by atoms with Crippen molar-refractivity contribution in [3.63, 3.8) is 0 Å². The molecule has 3 fully saturated rings. The molecule has 0 radical (unpaired) electrons. The lowest BCUT2D eigenvalue weighted by Crippen LogP contribution is -2.74. The van der Waals surface area contributed by atoms with Crippen LogP contribution >= 0.6 is 11.6 Å². The predicted molar refractivity (Wildman–Crippen MR) is 133 cm³/mol. The summed E-state index contributed by atoms with van der Waals surface area (Å²) < 4.78 is 6.30. The highest BCUT2D eigenvalue weighted by Gasteiger charge is 2.64. The smallest absolute Gasteiger partial charge is 0.272 e. The van der Waals surface area contributed by atoms with Gasteiger partial charge >= 0.3 is 0 Å². The van der Waals surface area contributed by atoms with Crippen LogP contribution in [0.2, 0.25) is 5.02 Å². The van der Waals surface area contributed by atoms with E-state index in [2.05, 4.69) is 59.5 Å². The highest BCUT2D eigenvalue weighted by molar-refractivity contribution is 6.31. The highest BCUT2D eigenvalue weighted by Crippen LogP contribution is 2.55. The largest absolute Gasteiger partial charge is 0.489 e. The van der Waals surface area contributed by atoms with Crippen molar-refractivity contribution in [2.75, 3.05) is 31.1 Å². The maximum Gasteiger partial charge on any atom is 0.272 e. The third-order valence-electron chi connectivity index (χ3n) is 8.03. The lowest BCUT2D eigenvalue weighted by molar-refractivity contribution is -0.164. The fourth-order valence-corrected chi connectivity index (χ4v) is 6.67. The third-order valence-corrected chi connectivity index (χ3v) is 8.34. The first-order valence-electron chi connectivity index (χ1n) is 12.1. The van der Waals surface area contributed by atoms with E-state index in [-0.39, 0.29) is 28.9 Å². The average Bonchev–Trinajstić information content (AvgIpc) is 3.43. The second-order valence-corrected chi connectivity index (χ2v) is 11.6. The zero-order valence-electron chi connectivity index (χ0n) is 20.5. The van der Waals surface area contributed by atoms with Crippen LogP contribution in [0.3, 0.4) is 0 Å². The normalized spacial score (nSPS) is 28.1. The molecule has 1 aliphatic carbocycles. The van der Waals surface area contributed by atoms with Gasteiger partial charge in [-0.25, -0.2) is 0 Å². The molecule has 9 heteroatoms. The number of hydrogen-bond acceptors (Lipinski definition) is 7. The van der Waals surface area contributed by atoms with E-state index in [1.54, 1.807) is 24.3 Å². The van der Waals surface area contributed by atoms with Gasteiger partial charge in [0, 0.05) is 49.1 Å². The highest BCUT2D eigenvalue weighted by atomic mass is 35.5. The van der Waals surface area contributed by atoms with Gasteiger partial charge in [-0.1, -0.05) is 39.3 Å². The lowest BCUT2D eigenvalue weighted by atomic mass is 9.49. The molecule has 3 aliphatic rings. The molecular weight excluding hydrogens is 464 g/mol. The standard InChI is InChI=1S/C26H31ClN6O2/c1-25(2)23(26(3,4)24(25)35-18-6-5-15(10-28)19(27)9-18)30-22(34)20-7-8-21(32-31-20)33-13-16-11-29-12-17(16)14-33/h5-9,16-17,23-24,29H,11-14H2,1-4H3,(H,30,34). The van der Waals surface area contributed by atoms with Gasteiger partial charge in [0.2, 0.25) is 0 Å². The van der Waals surface area contributed by atoms with E-state index < -0.39 is 0 Å². The molecule has 2 unspecified atom stereocenters. The number of nitrogens with zero attached hydrogens (tertiary/aromatic N) is 4. The number of hydrogen-bond donors (Lipinski definition) is 2. The van der Waals surface area contributed by atoms with Crippen molar-refractivity contribution >= 4 is 23.3 Å². The van der Waals surface area contributed by atoms with Crippen LogP contribution in [-0.2, 0) is 0 Å². The van der Waals surface area contributed by atoms with Crippen LogP contribution in [0.1, 0.15) is 43.7 Å². The number of halogens is 1. The molecule has 1 saturated carbocycles. The molecule has 2 saturated heterocycles. The summed E-state index contributed by atoms with van der Waals surface area (Å²) in [7, 11) is 0. The number of rotatable bonds is 5. The van der Waals surface area contributed by atoms with Crippen LogP contribution in [-0.4, -0.2) is 54.4 Å². The number of carbonyl (C=O) groups excluding carboxylic acids is 1. The van der Waals surface area contributed by atoms with Gasteiger partial charge in [-0.15, -0.1) is 10.2 Å².